The van der Waals surface area contributed by atoms with E-state index in [0.29, 0.717) is 11.0 Å². The molecule has 0 saturated carbocycles. The number of aromatic nitrogens is 3. The number of halogens is 1. The van der Waals surface area contributed by atoms with Gasteiger partial charge in [0.05, 0.1) is 0 Å². The number of benzene rings is 1. The van der Waals surface area contributed by atoms with Crippen LogP contribution in [-0.4, -0.2) is 14.8 Å². The average Bonchev–Trinajstić information content (AvgIpc) is 3.05. The number of thioether (sulfide) groups is 1. The van der Waals surface area contributed by atoms with Crippen molar-refractivity contribution in [2.45, 2.75) is 10.8 Å². The molecule has 23 heavy (non-hydrogen) atoms. The largest absolute Gasteiger partial charge is 0.324 e. The molecule has 2 aromatic heterocycles. The van der Waals surface area contributed by atoms with Gasteiger partial charge in [-0.15, -0.1) is 21.5 Å². The lowest BCUT2D eigenvalue weighted by atomic mass is 10.3. The fraction of sp³-hybridized carbons (Fsp3) is 0.133. The molecule has 118 valence electrons. The molecule has 3 rings (SSSR count). The van der Waals surface area contributed by atoms with Crippen LogP contribution in [-0.2, 0) is 12.8 Å². The van der Waals surface area contributed by atoms with Crippen molar-refractivity contribution >= 4 is 50.7 Å². The standard InChI is InChI=1S/C15H13BrN4OS2/c1-20-14(21)13(23-9-12-6-3-7-22-12)18-19-15(20)17-11-5-2-4-10(16)8-11/h2-8H,9H2,1H3,(H,17,19). The molecule has 0 aliphatic rings. The third-order valence-electron chi connectivity index (χ3n) is 3.05. The monoisotopic (exact) mass is 408 g/mol. The molecule has 0 aliphatic heterocycles. The zero-order chi connectivity index (χ0) is 16.2. The third-order valence-corrected chi connectivity index (χ3v) is 5.59. The second-order valence-corrected chi connectivity index (χ2v) is 7.61. The molecule has 0 atom stereocenters. The molecule has 3 aromatic rings. The minimum atomic E-state index is -0.154. The second-order valence-electron chi connectivity index (χ2n) is 4.70. The lowest BCUT2D eigenvalue weighted by Crippen LogP contribution is -2.24. The number of hydrogen-bond donors (Lipinski definition) is 1. The lowest BCUT2D eigenvalue weighted by molar-refractivity contribution is 0.734. The molecule has 0 aliphatic carbocycles. The van der Waals surface area contributed by atoms with Crippen LogP contribution in [0.5, 0.6) is 0 Å². The van der Waals surface area contributed by atoms with Crippen molar-refractivity contribution in [3.63, 3.8) is 0 Å². The SMILES string of the molecule is Cn1c(Nc2cccc(Br)c2)nnc(SCc2cccs2)c1=O. The second kappa shape index (κ2) is 7.29. The molecule has 0 fully saturated rings. The zero-order valence-electron chi connectivity index (χ0n) is 12.2. The topological polar surface area (TPSA) is 59.8 Å². The summed E-state index contributed by atoms with van der Waals surface area (Å²) in [6.45, 7) is 0. The van der Waals surface area contributed by atoms with Crippen LogP contribution < -0.4 is 10.9 Å². The number of hydrogen-bond acceptors (Lipinski definition) is 6. The summed E-state index contributed by atoms with van der Waals surface area (Å²) in [6, 6.07) is 11.7. The van der Waals surface area contributed by atoms with Crippen molar-refractivity contribution in [3.05, 3.63) is 61.5 Å². The first-order valence-corrected chi connectivity index (χ1v) is 9.41. The fourth-order valence-corrected chi connectivity index (χ4v) is 3.94. The minimum Gasteiger partial charge on any atom is -0.324 e. The van der Waals surface area contributed by atoms with Crippen LogP contribution in [0.1, 0.15) is 4.88 Å². The molecule has 0 saturated heterocycles. The van der Waals surface area contributed by atoms with E-state index in [-0.39, 0.29) is 5.56 Å². The Hall–Kier alpha value is -1.64. The Morgan fingerprint density at radius 2 is 2.17 bits per heavy atom. The molecule has 2 heterocycles. The van der Waals surface area contributed by atoms with Crippen LogP contribution in [0.3, 0.4) is 0 Å². The minimum absolute atomic E-state index is 0.154. The van der Waals surface area contributed by atoms with Crippen LogP contribution in [0.25, 0.3) is 0 Å². The fourth-order valence-electron chi connectivity index (χ4n) is 1.87. The summed E-state index contributed by atoms with van der Waals surface area (Å²) in [5.74, 6) is 1.13. The number of nitrogens with zero attached hydrogens (tertiary/aromatic N) is 3. The van der Waals surface area contributed by atoms with Gasteiger partial charge in [-0.25, -0.2) is 0 Å². The van der Waals surface area contributed by atoms with Gasteiger partial charge in [0.15, 0.2) is 5.03 Å². The maximum atomic E-state index is 12.4. The summed E-state index contributed by atoms with van der Waals surface area (Å²) in [5.41, 5.74) is 0.682. The Morgan fingerprint density at radius 1 is 1.30 bits per heavy atom. The Bertz CT molecular complexity index is 864. The van der Waals surface area contributed by atoms with E-state index in [1.165, 1.54) is 21.2 Å². The highest BCUT2D eigenvalue weighted by atomic mass is 79.9. The first-order valence-electron chi connectivity index (χ1n) is 6.75. The zero-order valence-corrected chi connectivity index (χ0v) is 15.4. The molecule has 1 aromatic carbocycles. The van der Waals surface area contributed by atoms with E-state index in [1.807, 2.05) is 41.8 Å². The quantitative estimate of drug-likeness (QED) is 0.645. The maximum absolute atomic E-state index is 12.4. The van der Waals surface area contributed by atoms with Crippen LogP contribution in [0, 0.1) is 0 Å². The van der Waals surface area contributed by atoms with E-state index in [1.54, 1.807) is 18.4 Å². The lowest BCUT2D eigenvalue weighted by Gasteiger charge is -2.10. The van der Waals surface area contributed by atoms with Crippen molar-refractivity contribution in [2.75, 3.05) is 5.32 Å². The Labute approximate surface area is 149 Å². The summed E-state index contributed by atoms with van der Waals surface area (Å²) in [5, 5.41) is 13.7. The number of nitrogens with one attached hydrogen (secondary N) is 1. The van der Waals surface area contributed by atoms with Crippen molar-refractivity contribution in [1.29, 1.82) is 0 Å². The molecular weight excluding hydrogens is 396 g/mol. The van der Waals surface area contributed by atoms with E-state index in [4.69, 9.17) is 0 Å². The van der Waals surface area contributed by atoms with Crippen LogP contribution in [0.15, 0.2) is 56.1 Å². The smallest absolute Gasteiger partial charge is 0.287 e. The highest BCUT2D eigenvalue weighted by Gasteiger charge is 2.10. The summed E-state index contributed by atoms with van der Waals surface area (Å²) in [7, 11) is 1.69. The number of anilines is 2. The predicted octanol–water partition coefficient (Wildman–Crippen LogP) is 4.04. The molecule has 0 spiro atoms. The Balaban J connectivity index is 1.78. The first kappa shape index (κ1) is 16.2. The summed E-state index contributed by atoms with van der Waals surface area (Å²) in [4.78, 5) is 13.6. The van der Waals surface area contributed by atoms with Gasteiger partial charge < -0.3 is 5.32 Å². The van der Waals surface area contributed by atoms with Crippen molar-refractivity contribution in [2.24, 2.45) is 7.05 Å². The summed E-state index contributed by atoms with van der Waals surface area (Å²) < 4.78 is 2.42. The van der Waals surface area contributed by atoms with Gasteiger partial charge in [0, 0.05) is 27.8 Å². The van der Waals surface area contributed by atoms with Crippen molar-refractivity contribution < 1.29 is 0 Å². The Kier molecular flexibility index (Phi) is 5.14. The summed E-state index contributed by atoms with van der Waals surface area (Å²) >= 11 is 6.48. The average molecular weight is 409 g/mol. The van der Waals surface area contributed by atoms with Gasteiger partial charge in [0.1, 0.15) is 0 Å². The van der Waals surface area contributed by atoms with E-state index in [9.17, 15) is 4.79 Å². The van der Waals surface area contributed by atoms with Gasteiger partial charge in [-0.2, -0.15) is 0 Å². The molecule has 0 unspecified atom stereocenters. The van der Waals surface area contributed by atoms with Crippen LogP contribution in [0.2, 0.25) is 0 Å². The van der Waals surface area contributed by atoms with Gasteiger partial charge >= 0.3 is 0 Å². The molecule has 0 bridgehead atoms. The predicted molar refractivity (Wildman–Crippen MR) is 98.6 cm³/mol. The van der Waals surface area contributed by atoms with E-state index >= 15 is 0 Å². The number of rotatable bonds is 5. The third kappa shape index (κ3) is 4.01. The van der Waals surface area contributed by atoms with Gasteiger partial charge in [-0.3, -0.25) is 9.36 Å². The van der Waals surface area contributed by atoms with E-state index in [0.717, 1.165) is 15.9 Å². The highest BCUT2D eigenvalue weighted by Crippen LogP contribution is 2.22. The molecule has 5 nitrogen and oxygen atoms in total. The van der Waals surface area contributed by atoms with Gasteiger partial charge in [-0.1, -0.05) is 39.8 Å². The maximum Gasteiger partial charge on any atom is 0.287 e. The molecule has 0 amide bonds. The van der Waals surface area contributed by atoms with E-state index in [2.05, 4.69) is 31.4 Å². The van der Waals surface area contributed by atoms with Crippen molar-refractivity contribution in [3.8, 4) is 0 Å². The van der Waals surface area contributed by atoms with Gasteiger partial charge in [-0.05, 0) is 29.6 Å². The van der Waals surface area contributed by atoms with Gasteiger partial charge in [0.25, 0.3) is 5.56 Å². The Morgan fingerprint density at radius 3 is 2.91 bits per heavy atom. The highest BCUT2D eigenvalue weighted by molar-refractivity contribution is 9.10. The van der Waals surface area contributed by atoms with Crippen LogP contribution in [0.4, 0.5) is 11.6 Å². The van der Waals surface area contributed by atoms with E-state index < -0.39 is 0 Å². The molecule has 1 N–H and O–H groups in total. The van der Waals surface area contributed by atoms with Crippen molar-refractivity contribution in [1.82, 2.24) is 14.8 Å². The molecule has 8 heteroatoms. The molecular formula is C15H13BrN4OS2. The van der Waals surface area contributed by atoms with Crippen LogP contribution >= 0.6 is 39.0 Å². The number of thiophene rings is 1. The van der Waals surface area contributed by atoms with Gasteiger partial charge in [0.2, 0.25) is 5.95 Å². The summed E-state index contributed by atoms with van der Waals surface area (Å²) in [6.07, 6.45) is 0. The first-order chi connectivity index (χ1) is 11.1. The molecule has 0 radical (unpaired) electrons. The normalized spacial score (nSPS) is 10.7.